The molecule has 1 fully saturated rings. The Kier molecular flexibility index (Phi) is 58.5. The first-order valence-electron chi connectivity index (χ1n) is 39.5. The van der Waals surface area contributed by atoms with Crippen LogP contribution in [-0.4, -0.2) is 136 Å². The summed E-state index contributed by atoms with van der Waals surface area (Å²) in [6.45, 7) is 10.2. The normalized spacial score (nSPS) is 17.6. The number of amides is 2. The van der Waals surface area contributed by atoms with Crippen molar-refractivity contribution in [3.63, 3.8) is 0 Å². The van der Waals surface area contributed by atoms with Gasteiger partial charge in [-0.2, -0.15) is 0 Å². The number of carboxylic acid groups (broad SMARTS) is 1. The fraction of sp³-hybridized carbons (Fsp3) is 0.908. The molecule has 2 unspecified atom stereocenters. The molecule has 0 bridgehead atoms. The van der Waals surface area contributed by atoms with Gasteiger partial charge < -0.3 is 59.1 Å². The van der Waals surface area contributed by atoms with Crippen LogP contribution >= 0.6 is 7.82 Å². The molecule has 0 radical (unpaired) electrons. The first kappa shape index (κ1) is 92.5. The highest BCUT2D eigenvalue weighted by atomic mass is 31.2. The molecule has 6 N–H and O–H groups in total. The minimum atomic E-state index is -5.51. The second-order valence-corrected chi connectivity index (χ2v) is 29.0. The third-order valence-electron chi connectivity index (χ3n) is 18.4. The minimum Gasteiger partial charge on any atom is -0.480 e. The largest absolute Gasteiger partial charge is 0.480 e. The second-order valence-electron chi connectivity index (χ2n) is 27.8. The van der Waals surface area contributed by atoms with Gasteiger partial charge in [0.25, 0.3) is 0 Å². The van der Waals surface area contributed by atoms with Crippen LogP contribution in [0.25, 0.3) is 0 Å². The maximum absolute atomic E-state index is 14.7. The summed E-state index contributed by atoms with van der Waals surface area (Å²) in [6, 6.07) is -3.47. The fourth-order valence-electron chi connectivity index (χ4n) is 12.6. The van der Waals surface area contributed by atoms with Crippen LogP contribution in [0, 0.1) is 0 Å². The Balaban J connectivity index is 3.78. The summed E-state index contributed by atoms with van der Waals surface area (Å²) in [5.74, 6) is -4.98. The van der Waals surface area contributed by atoms with E-state index in [1.807, 2.05) is 6.92 Å². The monoisotopic (exact) mass is 1420 g/mol. The van der Waals surface area contributed by atoms with Gasteiger partial charge in [0.05, 0.1) is 26.1 Å². The number of rotatable bonds is 69. The first-order valence-corrected chi connectivity index (χ1v) is 41.0. The Morgan fingerprint density at radius 3 is 1.11 bits per heavy atom. The molecule has 1 aliphatic heterocycles. The van der Waals surface area contributed by atoms with Gasteiger partial charge >= 0.3 is 31.7 Å². The van der Waals surface area contributed by atoms with Crippen molar-refractivity contribution in [3.8, 4) is 0 Å². The molecule has 9 atom stereocenters. The number of phosphoric ester groups is 1. The molecule has 22 heteroatoms. The van der Waals surface area contributed by atoms with Crippen molar-refractivity contribution < 1.29 is 91.1 Å². The number of carbonyl (C=O) groups excluding carboxylic acids is 6. The zero-order valence-corrected chi connectivity index (χ0v) is 63.1. The van der Waals surface area contributed by atoms with Gasteiger partial charge in [-0.15, -0.1) is 0 Å². The molecule has 0 aromatic heterocycles. The van der Waals surface area contributed by atoms with Crippen molar-refractivity contribution in [1.29, 1.82) is 0 Å². The van der Waals surface area contributed by atoms with Crippen LogP contribution in [0.1, 0.15) is 369 Å². The lowest BCUT2D eigenvalue weighted by molar-refractivity contribution is -0.274. The van der Waals surface area contributed by atoms with E-state index in [2.05, 4.69) is 45.3 Å². The molecule has 2 amide bonds. The maximum Gasteiger partial charge on any atom is 0.470 e. The predicted octanol–water partition coefficient (Wildman–Crippen LogP) is 17.0. The topological polar surface area (TPSA) is 306 Å². The lowest BCUT2D eigenvalue weighted by Crippen LogP contribution is -2.66. The van der Waals surface area contributed by atoms with Crippen molar-refractivity contribution in [2.75, 3.05) is 19.8 Å². The Labute approximate surface area is 592 Å². The number of hydrogen-bond acceptors (Lipinski definition) is 16. The van der Waals surface area contributed by atoms with Gasteiger partial charge in [0.15, 0.2) is 18.1 Å². The summed E-state index contributed by atoms with van der Waals surface area (Å²) in [5, 5.41) is 26.8. The third-order valence-corrected chi connectivity index (χ3v) is 18.9. The van der Waals surface area contributed by atoms with Gasteiger partial charge in [-0.3, -0.25) is 33.3 Å². The summed E-state index contributed by atoms with van der Waals surface area (Å²) in [4.78, 5) is 117. The number of nitrogens with one attached hydrogen (secondary N) is 2. The van der Waals surface area contributed by atoms with Crippen LogP contribution in [0.3, 0.4) is 0 Å². The highest BCUT2D eigenvalue weighted by Gasteiger charge is 2.51. The average molecular weight is 1420 g/mol. The van der Waals surface area contributed by atoms with Gasteiger partial charge in [-0.05, 0) is 57.8 Å². The number of carbonyl (C=O) groups is 7. The van der Waals surface area contributed by atoms with Crippen molar-refractivity contribution in [3.05, 3.63) is 0 Å². The van der Waals surface area contributed by atoms with Crippen molar-refractivity contribution in [2.24, 2.45) is 0 Å². The lowest BCUT2D eigenvalue weighted by Gasteiger charge is -2.45. The summed E-state index contributed by atoms with van der Waals surface area (Å²) in [7, 11) is -5.51. The van der Waals surface area contributed by atoms with Crippen LogP contribution in [0.2, 0.25) is 0 Å². The van der Waals surface area contributed by atoms with E-state index >= 15 is 0 Å². The van der Waals surface area contributed by atoms with E-state index in [9.17, 15) is 58.1 Å². The number of ketones is 1. The molecule has 0 aliphatic carbocycles. The Morgan fingerprint density at radius 1 is 0.429 bits per heavy atom. The molecule has 1 aliphatic rings. The third kappa shape index (κ3) is 50.7. The number of ether oxygens (including phenoxy) is 6. The second kappa shape index (κ2) is 62.0. The molecule has 0 aromatic carbocycles. The highest BCUT2D eigenvalue weighted by molar-refractivity contribution is 7.46. The molecule has 98 heavy (non-hydrogen) atoms. The number of aliphatic carboxylic acids is 1. The Bertz CT molecular complexity index is 2080. The van der Waals surface area contributed by atoms with E-state index in [1.165, 1.54) is 51.4 Å². The molecule has 1 heterocycles. The quantitative estimate of drug-likeness (QED) is 0.0143. The maximum atomic E-state index is 14.7. The van der Waals surface area contributed by atoms with E-state index in [-0.39, 0.29) is 32.1 Å². The number of aliphatic hydroxyl groups excluding tert-OH is 1. The molecule has 574 valence electrons. The van der Waals surface area contributed by atoms with Gasteiger partial charge in [-0.25, -0.2) is 9.36 Å². The lowest BCUT2D eigenvalue weighted by atomic mass is 9.96. The Hall–Kier alpha value is -3.56. The first-order chi connectivity index (χ1) is 47.3. The number of Topliss-reactive ketones (excluding diaryl/α,β-unsaturated/α-hetero) is 1. The summed E-state index contributed by atoms with van der Waals surface area (Å²) >= 11 is 0. The van der Waals surface area contributed by atoms with E-state index in [4.69, 9.17) is 32.9 Å². The fourth-order valence-corrected chi connectivity index (χ4v) is 13.2. The van der Waals surface area contributed by atoms with Gasteiger partial charge in [-0.1, -0.05) is 273 Å². The molecule has 1 saturated heterocycles. The molecule has 0 aromatic rings. The van der Waals surface area contributed by atoms with Crippen LogP contribution in [0.4, 0.5) is 0 Å². The van der Waals surface area contributed by atoms with Crippen LogP contribution in [0.15, 0.2) is 0 Å². The molecular formula is C76H141N2O19P. The van der Waals surface area contributed by atoms with E-state index in [0.29, 0.717) is 57.8 Å². The standard InChI is InChI=1S/C76H141N2O19P/c1-7-13-19-24-28-31-35-39-44-49-62(93-69(83)52-43-18-12-6)55-61(80)59-91-74-72(78-68(82)57-64(51-46-41-37-33-30-26-21-15-9-3)95-71(85)54-48-42-34-27-22-16-10-4)76(96-66(58-79)73(74)97-98(88,89)90)92-60-65(75(86)87)77-67(81)56-63(94-70(84)53-47-38-23-17-11-5)50-45-40-36-32-29-25-20-14-8-2/h62-66,72-74,76,79H,7-60H2,1-6H3,(H,77,81)(H,78,82)(H,86,87)(H2,88,89,90)/t62-,63-,64-,65+,66?,72+,73-,74-,76?/m1/s1. The number of hydrogen-bond donors (Lipinski definition) is 6. The van der Waals surface area contributed by atoms with Crippen LogP contribution in [0.5, 0.6) is 0 Å². The SMILES string of the molecule is CCCCCCCCCCC[C@H](CC(=O)CO[C@@H]1[C@H](NC(=O)C[C@@H](CCCCCCCCCCC)OC(=O)CCCCCCCCC)C(OC[C@H](NC(=O)C[C@@H](CCCCCCCCCCC)OC(=O)CCCCCCC)C(=O)O)OC(CO)[C@H]1OP(=O)(O)O)OC(=O)CCCCC. The van der Waals surface area contributed by atoms with E-state index in [0.717, 1.165) is 180 Å². The van der Waals surface area contributed by atoms with Gasteiger partial charge in [0, 0.05) is 25.7 Å². The molecule has 1 rings (SSSR count). The van der Waals surface area contributed by atoms with Crippen molar-refractivity contribution in [2.45, 2.75) is 424 Å². The molecular weight excluding hydrogens is 1280 g/mol. The highest BCUT2D eigenvalue weighted by Crippen LogP contribution is 2.42. The summed E-state index contributed by atoms with van der Waals surface area (Å²) < 4.78 is 54.6. The number of esters is 3. The molecule has 0 saturated carbocycles. The van der Waals surface area contributed by atoms with Crippen molar-refractivity contribution in [1.82, 2.24) is 10.6 Å². The number of aliphatic hydroxyl groups is 1. The van der Waals surface area contributed by atoms with Gasteiger partial charge in [0.2, 0.25) is 11.8 Å². The zero-order chi connectivity index (χ0) is 72.3. The minimum absolute atomic E-state index is 0.146. The number of unbranched alkanes of at least 4 members (excludes halogenated alkanes) is 36. The average Bonchev–Trinajstić information content (AvgIpc) is 0.787. The van der Waals surface area contributed by atoms with Crippen LogP contribution in [-0.2, 0) is 71.1 Å². The van der Waals surface area contributed by atoms with E-state index in [1.54, 1.807) is 0 Å². The van der Waals surface area contributed by atoms with Gasteiger partial charge in [0.1, 0.15) is 49.3 Å². The van der Waals surface area contributed by atoms with Crippen molar-refractivity contribution >= 4 is 49.3 Å². The number of carboxylic acids is 1. The predicted molar refractivity (Wildman–Crippen MR) is 384 cm³/mol. The summed E-state index contributed by atoms with van der Waals surface area (Å²) in [6.07, 6.45) is 32.6. The Morgan fingerprint density at radius 2 is 0.755 bits per heavy atom. The smallest absolute Gasteiger partial charge is 0.470 e. The zero-order valence-electron chi connectivity index (χ0n) is 62.2. The molecule has 0 spiro atoms. The summed E-state index contributed by atoms with van der Waals surface area (Å²) in [5.41, 5.74) is 0. The van der Waals surface area contributed by atoms with Crippen LogP contribution < -0.4 is 10.6 Å². The number of phosphoric acid groups is 1. The van der Waals surface area contributed by atoms with E-state index < -0.39 is 131 Å². The molecule has 21 nitrogen and oxygen atoms in total.